The molecule has 0 N–H and O–H groups in total. The van der Waals surface area contributed by atoms with Gasteiger partial charge in [0.1, 0.15) is 5.75 Å². The van der Waals surface area contributed by atoms with Gasteiger partial charge in [-0.05, 0) is 34.7 Å². The molecule has 0 saturated carbocycles. The number of likely N-dealkylation sites (N-methyl/N-ethyl adjacent to an activating group) is 1. The highest BCUT2D eigenvalue weighted by Gasteiger charge is 2.21. The minimum absolute atomic E-state index is 0.196. The number of nitrogens with zero attached hydrogens (tertiary/aromatic N) is 3. The monoisotopic (exact) mass is 407 g/mol. The normalized spacial score (nSPS) is 16.9. The average Bonchev–Trinajstić information content (AvgIpc) is 3.23. The van der Waals surface area contributed by atoms with Crippen LogP contribution in [-0.2, 0) is 30.7 Å². The number of ether oxygens (including phenoxy) is 1. The molecule has 2 aliphatic heterocycles. The van der Waals surface area contributed by atoms with E-state index in [0.29, 0.717) is 13.1 Å². The van der Waals surface area contributed by atoms with Gasteiger partial charge in [-0.3, -0.25) is 14.6 Å². The molecule has 160 valence electrons. The smallest absolute Gasteiger partial charge is 0.236 e. The van der Waals surface area contributed by atoms with E-state index in [-0.39, 0.29) is 5.91 Å². The second kappa shape index (κ2) is 9.63. The molecule has 5 heteroatoms. The lowest BCUT2D eigenvalue weighted by molar-refractivity contribution is -0.132. The Morgan fingerprint density at radius 3 is 2.37 bits per heavy atom. The van der Waals surface area contributed by atoms with Crippen LogP contribution in [0, 0.1) is 0 Å². The van der Waals surface area contributed by atoms with Gasteiger partial charge in [0.15, 0.2) is 0 Å². The van der Waals surface area contributed by atoms with Gasteiger partial charge < -0.3 is 9.64 Å². The first kappa shape index (κ1) is 20.9. The van der Waals surface area contributed by atoms with Crippen LogP contribution in [0.25, 0.3) is 0 Å². The Kier molecular flexibility index (Phi) is 6.70. The van der Waals surface area contributed by atoms with Crippen LogP contribution in [-0.4, -0.2) is 67.0 Å². The zero-order chi connectivity index (χ0) is 20.9. The van der Waals surface area contributed by atoms with Crippen LogP contribution in [0.3, 0.4) is 0 Å². The van der Waals surface area contributed by atoms with Crippen LogP contribution < -0.4 is 4.74 Å². The van der Waals surface area contributed by atoms with Gasteiger partial charge in [0.05, 0.1) is 13.2 Å². The SMILES string of the molecule is CCc1ccc(CN(C)C(=O)CN2CCN(Cc3ccc4c(c3)CCO4)CC2)cc1. The zero-order valence-corrected chi connectivity index (χ0v) is 18.3. The summed E-state index contributed by atoms with van der Waals surface area (Å²) in [4.78, 5) is 19.3. The molecular formula is C25H33N3O2. The maximum Gasteiger partial charge on any atom is 0.236 e. The highest BCUT2D eigenvalue weighted by atomic mass is 16.5. The molecule has 0 unspecified atom stereocenters. The summed E-state index contributed by atoms with van der Waals surface area (Å²) in [5.41, 5.74) is 5.22. The summed E-state index contributed by atoms with van der Waals surface area (Å²) in [7, 11) is 1.91. The fourth-order valence-corrected chi connectivity index (χ4v) is 4.26. The van der Waals surface area contributed by atoms with Gasteiger partial charge in [-0.1, -0.05) is 43.3 Å². The molecule has 0 aliphatic carbocycles. The summed E-state index contributed by atoms with van der Waals surface area (Å²) in [6, 6.07) is 15.2. The maximum absolute atomic E-state index is 12.7. The number of hydrogen-bond donors (Lipinski definition) is 0. The van der Waals surface area contributed by atoms with E-state index >= 15 is 0 Å². The van der Waals surface area contributed by atoms with Crippen molar-refractivity contribution in [2.75, 3.05) is 46.4 Å². The molecule has 0 bridgehead atoms. The van der Waals surface area contributed by atoms with Crippen molar-refractivity contribution in [2.24, 2.45) is 0 Å². The molecular weight excluding hydrogens is 374 g/mol. The molecule has 5 nitrogen and oxygen atoms in total. The van der Waals surface area contributed by atoms with Gasteiger partial charge >= 0.3 is 0 Å². The molecule has 4 rings (SSSR count). The maximum atomic E-state index is 12.7. The van der Waals surface area contributed by atoms with E-state index in [9.17, 15) is 4.79 Å². The van der Waals surface area contributed by atoms with Crippen molar-refractivity contribution in [3.8, 4) is 5.75 Å². The molecule has 0 atom stereocenters. The molecule has 2 heterocycles. The number of aryl methyl sites for hydroxylation is 1. The number of rotatable bonds is 7. The summed E-state index contributed by atoms with van der Waals surface area (Å²) in [6.45, 7) is 9.01. The predicted octanol–water partition coefficient (Wildman–Crippen LogP) is 2.96. The second-order valence-electron chi connectivity index (χ2n) is 8.51. The Labute approximate surface area is 180 Å². The molecule has 0 radical (unpaired) electrons. The summed E-state index contributed by atoms with van der Waals surface area (Å²) < 4.78 is 5.61. The Bertz CT molecular complexity index is 857. The first-order chi connectivity index (χ1) is 14.6. The third-order valence-electron chi connectivity index (χ3n) is 6.26. The van der Waals surface area contributed by atoms with Crippen molar-refractivity contribution in [3.05, 3.63) is 64.7 Å². The quantitative estimate of drug-likeness (QED) is 0.707. The van der Waals surface area contributed by atoms with Crippen molar-refractivity contribution in [3.63, 3.8) is 0 Å². The average molecular weight is 408 g/mol. The highest BCUT2D eigenvalue weighted by molar-refractivity contribution is 5.78. The molecule has 30 heavy (non-hydrogen) atoms. The van der Waals surface area contributed by atoms with Crippen molar-refractivity contribution >= 4 is 5.91 Å². The molecule has 2 aromatic carbocycles. The minimum Gasteiger partial charge on any atom is -0.493 e. The second-order valence-corrected chi connectivity index (χ2v) is 8.51. The Morgan fingerprint density at radius 1 is 0.967 bits per heavy atom. The van der Waals surface area contributed by atoms with E-state index < -0.39 is 0 Å². The summed E-state index contributed by atoms with van der Waals surface area (Å²) in [5, 5.41) is 0. The van der Waals surface area contributed by atoms with Gasteiger partial charge in [0, 0.05) is 52.7 Å². The largest absolute Gasteiger partial charge is 0.493 e. The van der Waals surface area contributed by atoms with E-state index in [1.165, 1.54) is 22.3 Å². The topological polar surface area (TPSA) is 36.0 Å². The molecule has 1 amide bonds. The third kappa shape index (κ3) is 5.21. The van der Waals surface area contributed by atoms with Gasteiger partial charge in [0.25, 0.3) is 0 Å². The van der Waals surface area contributed by atoms with Crippen LogP contribution in [0.2, 0.25) is 0 Å². The summed E-state index contributed by atoms with van der Waals surface area (Å²) >= 11 is 0. The van der Waals surface area contributed by atoms with Gasteiger partial charge in [-0.15, -0.1) is 0 Å². The van der Waals surface area contributed by atoms with Crippen LogP contribution in [0.1, 0.15) is 29.2 Å². The standard InChI is InChI=1S/C25H33N3O2/c1-3-20-4-6-21(7-5-20)17-26(2)25(29)19-28-13-11-27(12-14-28)18-22-8-9-24-23(16-22)10-15-30-24/h4-9,16H,3,10-15,17-19H2,1-2H3. The molecule has 2 aliphatic rings. The van der Waals surface area contributed by atoms with Crippen molar-refractivity contribution in [2.45, 2.75) is 32.9 Å². The van der Waals surface area contributed by atoms with Crippen molar-refractivity contribution in [1.82, 2.24) is 14.7 Å². The van der Waals surface area contributed by atoms with Crippen LogP contribution >= 0.6 is 0 Å². The van der Waals surface area contributed by atoms with Gasteiger partial charge in [0.2, 0.25) is 5.91 Å². The number of carbonyl (C=O) groups is 1. The van der Waals surface area contributed by atoms with E-state index in [0.717, 1.165) is 57.9 Å². The molecule has 0 aromatic heterocycles. The molecule has 1 saturated heterocycles. The lowest BCUT2D eigenvalue weighted by Crippen LogP contribution is -2.49. The fraction of sp³-hybridized carbons (Fsp3) is 0.480. The Morgan fingerprint density at radius 2 is 1.63 bits per heavy atom. The molecule has 0 spiro atoms. The first-order valence-electron chi connectivity index (χ1n) is 11.1. The lowest BCUT2D eigenvalue weighted by Gasteiger charge is -2.35. The molecule has 1 fully saturated rings. The van der Waals surface area contributed by atoms with Gasteiger partial charge in [-0.2, -0.15) is 0 Å². The lowest BCUT2D eigenvalue weighted by atomic mass is 10.1. The third-order valence-corrected chi connectivity index (χ3v) is 6.26. The number of piperazine rings is 1. The number of hydrogen-bond acceptors (Lipinski definition) is 4. The van der Waals surface area contributed by atoms with E-state index in [1.54, 1.807) is 0 Å². The highest BCUT2D eigenvalue weighted by Crippen LogP contribution is 2.26. The van der Waals surface area contributed by atoms with E-state index in [1.807, 2.05) is 11.9 Å². The van der Waals surface area contributed by atoms with Crippen molar-refractivity contribution < 1.29 is 9.53 Å². The zero-order valence-electron chi connectivity index (χ0n) is 18.3. The van der Waals surface area contributed by atoms with Crippen LogP contribution in [0.4, 0.5) is 0 Å². The first-order valence-corrected chi connectivity index (χ1v) is 11.1. The van der Waals surface area contributed by atoms with Crippen LogP contribution in [0.15, 0.2) is 42.5 Å². The summed E-state index contributed by atoms with van der Waals surface area (Å²) in [5.74, 6) is 1.24. The van der Waals surface area contributed by atoms with Crippen molar-refractivity contribution in [1.29, 1.82) is 0 Å². The van der Waals surface area contributed by atoms with E-state index in [4.69, 9.17) is 4.74 Å². The Balaban J connectivity index is 1.21. The predicted molar refractivity (Wildman–Crippen MR) is 120 cm³/mol. The fourth-order valence-electron chi connectivity index (χ4n) is 4.26. The number of amides is 1. The number of fused-ring (bicyclic) bond motifs is 1. The summed E-state index contributed by atoms with van der Waals surface area (Å²) in [6.07, 6.45) is 2.07. The number of benzene rings is 2. The van der Waals surface area contributed by atoms with Gasteiger partial charge in [-0.25, -0.2) is 0 Å². The van der Waals surface area contributed by atoms with Crippen LogP contribution in [0.5, 0.6) is 5.75 Å². The minimum atomic E-state index is 0.196. The Hall–Kier alpha value is -2.37. The number of carbonyl (C=O) groups excluding carboxylic acids is 1. The van der Waals surface area contributed by atoms with E-state index in [2.05, 4.69) is 59.2 Å². The molecule has 2 aromatic rings.